The molecule has 142 valence electrons. The van der Waals surface area contributed by atoms with Crippen LogP contribution in [-0.2, 0) is 0 Å². The quantitative estimate of drug-likeness (QED) is 0.709. The average molecular weight is 367 g/mol. The molecular formula is C21H25N3O3. The average Bonchev–Trinajstić information content (AvgIpc) is 3.23. The standard InChI is InChI=1S/C21H25N3O3/c1-13-9-8-12-16-14(2)18(26-17(13)16)20-23-24-21(27-20)19(25)22-15-10-6-4-3-5-7-11-15/h8-9,12,15H,3-7,10-11H2,1-2H3,(H,22,25). The van der Waals surface area contributed by atoms with E-state index >= 15 is 0 Å². The zero-order chi connectivity index (χ0) is 18.8. The summed E-state index contributed by atoms with van der Waals surface area (Å²) >= 11 is 0. The van der Waals surface area contributed by atoms with Gasteiger partial charge >= 0.3 is 11.8 Å². The molecule has 1 saturated carbocycles. The smallest absolute Gasteiger partial charge is 0.309 e. The van der Waals surface area contributed by atoms with Gasteiger partial charge in [0.1, 0.15) is 5.58 Å². The van der Waals surface area contributed by atoms with E-state index in [0.29, 0.717) is 5.76 Å². The number of rotatable bonds is 3. The van der Waals surface area contributed by atoms with Crippen molar-refractivity contribution in [3.63, 3.8) is 0 Å². The summed E-state index contributed by atoms with van der Waals surface area (Å²) in [7, 11) is 0. The minimum Gasteiger partial charge on any atom is -0.450 e. The summed E-state index contributed by atoms with van der Waals surface area (Å²) in [5.74, 6) is 0.454. The Bertz CT molecular complexity index is 949. The Labute approximate surface area is 158 Å². The Balaban J connectivity index is 1.54. The number of nitrogens with one attached hydrogen (secondary N) is 1. The third kappa shape index (κ3) is 3.61. The van der Waals surface area contributed by atoms with Gasteiger partial charge in [-0.25, -0.2) is 0 Å². The number of carbonyl (C=O) groups excluding carboxylic acids is 1. The SMILES string of the molecule is Cc1c(-c2nnc(C(=O)NC3CCCCCCC3)o2)oc2c(C)cccc12. The molecule has 0 aliphatic heterocycles. The van der Waals surface area contributed by atoms with Crippen LogP contribution >= 0.6 is 0 Å². The van der Waals surface area contributed by atoms with Gasteiger partial charge in [0.15, 0.2) is 5.76 Å². The molecule has 6 heteroatoms. The normalized spacial score (nSPS) is 16.2. The van der Waals surface area contributed by atoms with Gasteiger partial charge in [-0.3, -0.25) is 4.79 Å². The van der Waals surface area contributed by atoms with E-state index in [1.165, 1.54) is 19.3 Å². The van der Waals surface area contributed by atoms with Gasteiger partial charge in [-0.2, -0.15) is 0 Å². The van der Waals surface area contributed by atoms with Gasteiger partial charge in [0, 0.05) is 17.0 Å². The number of nitrogens with zero attached hydrogens (tertiary/aromatic N) is 2. The first-order valence-corrected chi connectivity index (χ1v) is 9.77. The number of benzene rings is 1. The molecule has 4 rings (SSSR count). The lowest BCUT2D eigenvalue weighted by atomic mass is 9.97. The number of fused-ring (bicyclic) bond motifs is 1. The molecule has 1 aliphatic carbocycles. The maximum absolute atomic E-state index is 12.5. The highest BCUT2D eigenvalue weighted by molar-refractivity contribution is 5.91. The molecule has 0 bridgehead atoms. The van der Waals surface area contributed by atoms with Crippen LogP contribution in [0.5, 0.6) is 0 Å². The molecule has 2 heterocycles. The van der Waals surface area contributed by atoms with Gasteiger partial charge in [-0.15, -0.1) is 10.2 Å². The number of carbonyl (C=O) groups is 1. The summed E-state index contributed by atoms with van der Waals surface area (Å²) in [5.41, 5.74) is 2.79. The highest BCUT2D eigenvalue weighted by atomic mass is 16.4. The van der Waals surface area contributed by atoms with Crippen molar-refractivity contribution in [1.29, 1.82) is 0 Å². The van der Waals surface area contributed by atoms with Crippen molar-refractivity contribution < 1.29 is 13.6 Å². The Kier molecular flexibility index (Phi) is 4.97. The number of furan rings is 1. The first-order valence-electron chi connectivity index (χ1n) is 9.77. The molecule has 1 amide bonds. The van der Waals surface area contributed by atoms with Gasteiger partial charge < -0.3 is 14.2 Å². The molecule has 1 N–H and O–H groups in total. The Morgan fingerprint density at radius 3 is 2.52 bits per heavy atom. The summed E-state index contributed by atoms with van der Waals surface area (Å²) in [6.45, 7) is 3.95. The fraction of sp³-hybridized carbons (Fsp3) is 0.476. The summed E-state index contributed by atoms with van der Waals surface area (Å²) < 4.78 is 11.6. The summed E-state index contributed by atoms with van der Waals surface area (Å²) in [5, 5.41) is 12.1. The van der Waals surface area contributed by atoms with Crippen LogP contribution in [0.4, 0.5) is 0 Å². The second-order valence-corrected chi connectivity index (χ2v) is 7.44. The minimum absolute atomic E-state index is 0.0105. The molecule has 6 nitrogen and oxygen atoms in total. The van der Waals surface area contributed by atoms with Crippen molar-refractivity contribution in [3.05, 3.63) is 35.2 Å². The van der Waals surface area contributed by atoms with E-state index in [1.54, 1.807) is 0 Å². The van der Waals surface area contributed by atoms with Crippen LogP contribution in [0.1, 0.15) is 66.8 Å². The summed E-state index contributed by atoms with van der Waals surface area (Å²) in [6, 6.07) is 6.18. The Hall–Kier alpha value is -2.63. The van der Waals surface area contributed by atoms with E-state index in [0.717, 1.165) is 47.8 Å². The Morgan fingerprint density at radius 2 is 1.78 bits per heavy atom. The van der Waals surface area contributed by atoms with Crippen LogP contribution in [0, 0.1) is 13.8 Å². The van der Waals surface area contributed by atoms with Crippen LogP contribution in [0.25, 0.3) is 22.6 Å². The molecular weight excluding hydrogens is 342 g/mol. The number of aromatic nitrogens is 2. The monoisotopic (exact) mass is 367 g/mol. The van der Waals surface area contributed by atoms with Gasteiger partial charge in [-0.05, 0) is 32.3 Å². The molecule has 3 aromatic rings. The van der Waals surface area contributed by atoms with Crippen LogP contribution in [-0.4, -0.2) is 22.1 Å². The molecule has 1 aliphatic rings. The predicted octanol–water partition coefficient (Wildman–Crippen LogP) is 4.94. The third-order valence-electron chi connectivity index (χ3n) is 5.41. The van der Waals surface area contributed by atoms with Crippen LogP contribution in [0.2, 0.25) is 0 Å². The van der Waals surface area contributed by atoms with Crippen molar-refractivity contribution in [2.45, 2.75) is 64.8 Å². The van der Waals surface area contributed by atoms with E-state index in [2.05, 4.69) is 15.5 Å². The fourth-order valence-electron chi connectivity index (χ4n) is 3.84. The van der Waals surface area contributed by atoms with Crippen LogP contribution < -0.4 is 5.32 Å². The maximum atomic E-state index is 12.5. The first-order chi connectivity index (χ1) is 13.1. The summed E-state index contributed by atoms with van der Waals surface area (Å²) in [6.07, 6.45) is 8.09. The number of amides is 1. The second kappa shape index (κ2) is 7.55. The highest BCUT2D eigenvalue weighted by Crippen LogP contribution is 2.33. The van der Waals surface area contributed by atoms with Crippen molar-refractivity contribution in [2.24, 2.45) is 0 Å². The number of hydrogen-bond acceptors (Lipinski definition) is 5. The lowest BCUT2D eigenvalue weighted by Gasteiger charge is -2.19. The molecule has 2 aromatic heterocycles. The van der Waals surface area contributed by atoms with Crippen molar-refractivity contribution >= 4 is 16.9 Å². The van der Waals surface area contributed by atoms with Crippen molar-refractivity contribution in [1.82, 2.24) is 15.5 Å². The zero-order valence-electron chi connectivity index (χ0n) is 15.9. The molecule has 0 atom stereocenters. The molecule has 0 radical (unpaired) electrons. The van der Waals surface area contributed by atoms with Gasteiger partial charge in [0.05, 0.1) is 0 Å². The largest absolute Gasteiger partial charge is 0.450 e. The Morgan fingerprint density at radius 1 is 1.04 bits per heavy atom. The first kappa shape index (κ1) is 17.8. The van der Waals surface area contributed by atoms with E-state index in [-0.39, 0.29) is 23.7 Å². The molecule has 27 heavy (non-hydrogen) atoms. The maximum Gasteiger partial charge on any atom is 0.309 e. The summed E-state index contributed by atoms with van der Waals surface area (Å²) in [4.78, 5) is 12.5. The minimum atomic E-state index is -0.302. The molecule has 0 unspecified atom stereocenters. The molecule has 1 aromatic carbocycles. The van der Waals surface area contributed by atoms with E-state index in [4.69, 9.17) is 8.83 Å². The molecule has 0 saturated heterocycles. The van der Waals surface area contributed by atoms with Crippen LogP contribution in [0.15, 0.2) is 27.0 Å². The lowest BCUT2D eigenvalue weighted by molar-refractivity contribution is 0.0895. The van der Waals surface area contributed by atoms with Crippen molar-refractivity contribution in [3.8, 4) is 11.7 Å². The topological polar surface area (TPSA) is 81.2 Å². The number of hydrogen-bond donors (Lipinski definition) is 1. The van der Waals surface area contributed by atoms with E-state index in [9.17, 15) is 4.79 Å². The van der Waals surface area contributed by atoms with Gasteiger partial charge in [0.2, 0.25) is 0 Å². The fourth-order valence-corrected chi connectivity index (χ4v) is 3.84. The highest BCUT2D eigenvalue weighted by Gasteiger charge is 2.23. The predicted molar refractivity (Wildman–Crippen MR) is 103 cm³/mol. The van der Waals surface area contributed by atoms with E-state index < -0.39 is 0 Å². The third-order valence-corrected chi connectivity index (χ3v) is 5.41. The number of aryl methyl sites for hydroxylation is 2. The van der Waals surface area contributed by atoms with Crippen LogP contribution in [0.3, 0.4) is 0 Å². The zero-order valence-corrected chi connectivity index (χ0v) is 15.9. The van der Waals surface area contributed by atoms with E-state index in [1.807, 2.05) is 32.0 Å². The van der Waals surface area contributed by atoms with Crippen molar-refractivity contribution in [2.75, 3.05) is 0 Å². The number of para-hydroxylation sites is 1. The van der Waals surface area contributed by atoms with Gasteiger partial charge in [0.25, 0.3) is 5.89 Å². The lowest BCUT2D eigenvalue weighted by Crippen LogP contribution is -2.35. The second-order valence-electron chi connectivity index (χ2n) is 7.44. The molecule has 0 spiro atoms. The molecule has 1 fully saturated rings. The van der Waals surface area contributed by atoms with Gasteiger partial charge in [-0.1, -0.05) is 50.3 Å².